The molecule has 0 radical (unpaired) electrons. The maximum absolute atomic E-state index is 14.2. The van der Waals surface area contributed by atoms with Gasteiger partial charge in [0.15, 0.2) is 5.78 Å². The average molecular weight is 555 g/mol. The molecule has 2 saturated carbocycles. The van der Waals surface area contributed by atoms with Crippen molar-refractivity contribution < 1.29 is 38.3 Å². The summed E-state index contributed by atoms with van der Waals surface area (Å²) in [5.41, 5.74) is -4.40. The van der Waals surface area contributed by atoms with Gasteiger partial charge < -0.3 is 4.74 Å². The van der Waals surface area contributed by atoms with E-state index in [9.17, 15) is 33.6 Å². The van der Waals surface area contributed by atoms with Crippen LogP contribution in [0.5, 0.6) is 0 Å². The molecule has 0 saturated heterocycles. The fourth-order valence-corrected chi connectivity index (χ4v) is 8.73. The molecule has 4 aliphatic carbocycles. The van der Waals surface area contributed by atoms with Gasteiger partial charge in [0.05, 0.1) is 23.4 Å². The molecule has 0 bridgehead atoms. The van der Waals surface area contributed by atoms with Gasteiger partial charge in [0.1, 0.15) is 17.3 Å². The number of carbonyl (C=O) groups excluding carboxylic acids is 7. The molecule has 0 heterocycles. The predicted molar refractivity (Wildman–Crippen MR) is 145 cm³/mol. The second-order valence-electron chi connectivity index (χ2n) is 13.8. The van der Waals surface area contributed by atoms with Gasteiger partial charge in [-0.1, -0.05) is 41.5 Å². The highest BCUT2D eigenvalue weighted by Gasteiger charge is 2.74. The van der Waals surface area contributed by atoms with Crippen LogP contribution in [0.25, 0.3) is 0 Å². The fourth-order valence-electron chi connectivity index (χ4n) is 8.73. The molecule has 0 N–H and O–H groups in total. The molecule has 218 valence electrons. The number of fused-ring (bicyclic) bond motifs is 4. The summed E-state index contributed by atoms with van der Waals surface area (Å²) >= 11 is 0. The molecular weight excluding hydrogens is 512 g/mol. The van der Waals surface area contributed by atoms with E-state index in [-0.39, 0.29) is 73.0 Å². The van der Waals surface area contributed by atoms with Gasteiger partial charge in [-0.15, -0.1) is 0 Å². The molecule has 0 amide bonds. The van der Waals surface area contributed by atoms with Crippen LogP contribution in [0.1, 0.15) is 93.9 Å². The summed E-state index contributed by atoms with van der Waals surface area (Å²) in [5, 5.41) is 0. The molecule has 8 heteroatoms. The number of carbonyl (C=O) groups is 7. The van der Waals surface area contributed by atoms with Gasteiger partial charge in [-0.05, 0) is 38.0 Å². The maximum atomic E-state index is 14.2. The Hall–Kier alpha value is -2.77. The molecule has 0 spiro atoms. The van der Waals surface area contributed by atoms with Gasteiger partial charge in [-0.3, -0.25) is 33.6 Å². The van der Waals surface area contributed by atoms with Gasteiger partial charge >= 0.3 is 5.97 Å². The van der Waals surface area contributed by atoms with Crippen molar-refractivity contribution in [2.45, 2.75) is 93.9 Å². The van der Waals surface area contributed by atoms with Gasteiger partial charge in [0.2, 0.25) is 11.6 Å². The number of esters is 1. The Labute approximate surface area is 236 Å². The first kappa shape index (κ1) is 30.2. The lowest BCUT2D eigenvalue weighted by molar-refractivity contribution is -0.156. The highest BCUT2D eigenvalue weighted by molar-refractivity contribution is 6.49. The second-order valence-corrected chi connectivity index (χ2v) is 13.8. The normalized spacial score (nSPS) is 36.5. The molecule has 4 aliphatic rings. The minimum absolute atomic E-state index is 0.0211. The summed E-state index contributed by atoms with van der Waals surface area (Å²) in [6, 6.07) is 0. The summed E-state index contributed by atoms with van der Waals surface area (Å²) in [7, 11) is 0. The van der Waals surface area contributed by atoms with Crippen molar-refractivity contribution in [3.8, 4) is 0 Å². The van der Waals surface area contributed by atoms with E-state index in [4.69, 9.17) is 4.74 Å². The van der Waals surface area contributed by atoms with E-state index < -0.39 is 62.9 Å². The first-order valence-electron chi connectivity index (χ1n) is 14.5. The number of allylic oxidation sites excluding steroid dienone is 2. The number of rotatable bonds is 7. The Morgan fingerprint density at radius 2 is 1.52 bits per heavy atom. The number of hydrogen-bond donors (Lipinski definition) is 0. The van der Waals surface area contributed by atoms with E-state index in [1.807, 2.05) is 6.92 Å². The molecular formula is C32H42O8. The third-order valence-electron chi connectivity index (χ3n) is 11.3. The SMILES string of the molecule is CCOC(=O)C(C)CC(=O)C[C@@H](C)[C@H]1CC(=O)[C@@]2(C)C3=C(C(=O)C(=O)[C@]12C)[C@@]1(C)CCC(=O)C(C)(C)C1CC3=O. The zero-order valence-corrected chi connectivity index (χ0v) is 25.0. The summed E-state index contributed by atoms with van der Waals surface area (Å²) in [4.78, 5) is 93.8. The molecule has 2 unspecified atom stereocenters. The smallest absolute Gasteiger partial charge is 0.309 e. The third kappa shape index (κ3) is 3.87. The standard InChI is InChI=1S/C32H42O8/c1-9-40-28(39)17(3)13-18(33)12-16(2)19-14-23(36)32(8)24-20(34)15-21-29(4,5)22(35)10-11-30(21,6)25(24)26(37)27(38)31(19,32)7/h16-17,19,21H,9-15H2,1-8H3/t16-,17?,19-,21?,30+,31+,32+/m1/s1. The minimum Gasteiger partial charge on any atom is -0.466 e. The first-order chi connectivity index (χ1) is 18.4. The van der Waals surface area contributed by atoms with Crippen molar-refractivity contribution in [2.24, 2.45) is 45.3 Å². The third-order valence-corrected chi connectivity index (χ3v) is 11.3. The predicted octanol–water partition coefficient (Wildman–Crippen LogP) is 4.21. The molecule has 4 rings (SSSR count). The Balaban J connectivity index is 1.74. The summed E-state index contributed by atoms with van der Waals surface area (Å²) < 4.78 is 5.00. The lowest BCUT2D eigenvalue weighted by Gasteiger charge is -2.57. The van der Waals surface area contributed by atoms with E-state index in [0.717, 1.165) is 0 Å². The van der Waals surface area contributed by atoms with Gasteiger partial charge in [0.25, 0.3) is 0 Å². The van der Waals surface area contributed by atoms with E-state index >= 15 is 0 Å². The van der Waals surface area contributed by atoms with Gasteiger partial charge in [0, 0.05) is 54.1 Å². The van der Waals surface area contributed by atoms with Crippen LogP contribution in [0.3, 0.4) is 0 Å². The quantitative estimate of drug-likeness (QED) is 0.338. The van der Waals surface area contributed by atoms with Crippen molar-refractivity contribution >= 4 is 40.7 Å². The van der Waals surface area contributed by atoms with Crippen LogP contribution in [0.15, 0.2) is 11.1 Å². The van der Waals surface area contributed by atoms with E-state index in [2.05, 4.69) is 0 Å². The van der Waals surface area contributed by atoms with Gasteiger partial charge in [-0.2, -0.15) is 0 Å². The largest absolute Gasteiger partial charge is 0.466 e. The van der Waals surface area contributed by atoms with Crippen molar-refractivity contribution in [3.05, 3.63) is 11.1 Å². The van der Waals surface area contributed by atoms with E-state index in [1.54, 1.807) is 48.5 Å². The average Bonchev–Trinajstić information content (AvgIpc) is 3.08. The minimum atomic E-state index is -1.50. The molecule has 2 fully saturated rings. The lowest BCUT2D eigenvalue weighted by atomic mass is 9.42. The number of Topliss-reactive ketones (excluding diaryl/α,β-unsaturated/α-hetero) is 6. The molecule has 7 atom stereocenters. The van der Waals surface area contributed by atoms with E-state index in [0.29, 0.717) is 6.42 Å². The Morgan fingerprint density at radius 3 is 2.12 bits per heavy atom. The highest BCUT2D eigenvalue weighted by Crippen LogP contribution is 2.68. The Bertz CT molecular complexity index is 1270. The number of hydrogen-bond acceptors (Lipinski definition) is 8. The van der Waals surface area contributed by atoms with Gasteiger partial charge in [-0.25, -0.2) is 0 Å². The lowest BCUT2D eigenvalue weighted by Crippen LogP contribution is -2.62. The second kappa shape index (κ2) is 9.66. The Kier molecular flexibility index (Phi) is 7.29. The number of ketones is 6. The van der Waals surface area contributed by atoms with Crippen LogP contribution in [-0.2, 0) is 38.3 Å². The zero-order chi connectivity index (χ0) is 30.2. The fraction of sp³-hybridized carbons (Fsp3) is 0.719. The highest BCUT2D eigenvalue weighted by atomic mass is 16.5. The topological polar surface area (TPSA) is 129 Å². The van der Waals surface area contributed by atoms with Crippen molar-refractivity contribution in [2.75, 3.05) is 6.61 Å². The first-order valence-corrected chi connectivity index (χ1v) is 14.5. The summed E-state index contributed by atoms with van der Waals surface area (Å²) in [6.45, 7) is 14.0. The van der Waals surface area contributed by atoms with Crippen LogP contribution in [0, 0.1) is 45.3 Å². The van der Waals surface area contributed by atoms with Crippen molar-refractivity contribution in [1.82, 2.24) is 0 Å². The summed E-state index contributed by atoms with van der Waals surface area (Å²) in [6.07, 6.45) is 0.609. The molecule has 0 aromatic rings. The van der Waals surface area contributed by atoms with Crippen LogP contribution in [0.4, 0.5) is 0 Å². The van der Waals surface area contributed by atoms with Crippen LogP contribution in [-0.4, -0.2) is 47.3 Å². The van der Waals surface area contributed by atoms with Crippen LogP contribution >= 0.6 is 0 Å². The van der Waals surface area contributed by atoms with Crippen molar-refractivity contribution in [1.29, 1.82) is 0 Å². The monoisotopic (exact) mass is 554 g/mol. The maximum Gasteiger partial charge on any atom is 0.309 e. The molecule has 0 aromatic carbocycles. The molecule has 0 aliphatic heterocycles. The molecule has 0 aromatic heterocycles. The summed E-state index contributed by atoms with van der Waals surface area (Å²) in [5.74, 6) is -4.76. The molecule has 8 nitrogen and oxygen atoms in total. The van der Waals surface area contributed by atoms with E-state index in [1.165, 1.54) is 0 Å². The number of ether oxygens (including phenoxy) is 1. The molecule has 40 heavy (non-hydrogen) atoms. The van der Waals surface area contributed by atoms with Crippen LogP contribution in [0.2, 0.25) is 0 Å². The Morgan fingerprint density at radius 1 is 0.900 bits per heavy atom. The zero-order valence-electron chi connectivity index (χ0n) is 25.0. The van der Waals surface area contributed by atoms with Crippen molar-refractivity contribution in [3.63, 3.8) is 0 Å². The van der Waals surface area contributed by atoms with Crippen LogP contribution < -0.4 is 0 Å².